The Kier molecular flexibility index (Phi) is 10.9. The highest BCUT2D eigenvalue weighted by Gasteiger charge is 2.60. The van der Waals surface area contributed by atoms with E-state index in [-0.39, 0.29) is 5.97 Å². The van der Waals surface area contributed by atoms with Crippen LogP contribution in [-0.4, -0.2) is 5.97 Å². The van der Waals surface area contributed by atoms with Crippen molar-refractivity contribution in [2.75, 3.05) is 0 Å². The van der Waals surface area contributed by atoms with Crippen molar-refractivity contribution in [2.24, 2.45) is 46.3 Å². The molecule has 218 valence electrons. The van der Waals surface area contributed by atoms with Crippen LogP contribution >= 0.6 is 0 Å². The van der Waals surface area contributed by atoms with Gasteiger partial charge in [0.25, 0.3) is 0 Å². The van der Waals surface area contributed by atoms with Gasteiger partial charge in [-0.15, -0.1) is 0 Å². The highest BCUT2D eigenvalue weighted by molar-refractivity contribution is 5.69. The summed E-state index contributed by atoms with van der Waals surface area (Å²) in [6.07, 6.45) is 28.2. The van der Waals surface area contributed by atoms with Gasteiger partial charge in [0.1, 0.15) is 0 Å². The molecular weight excluding hydrogens is 464 g/mol. The molecule has 0 aromatic carbocycles. The van der Waals surface area contributed by atoms with Crippen molar-refractivity contribution in [2.45, 2.75) is 163 Å². The number of hydrogen-bond donors (Lipinski definition) is 0. The number of esters is 1. The number of carbonyl (C=O) groups excluding carboxylic acids is 1. The third kappa shape index (κ3) is 6.74. The standard InChI is InChI=1S/C36H62O2/c1-6-7-8-9-10-11-18-34(37)38-26-27(2)15-14-16-28(3)31-21-22-32-30-20-19-29-17-12-13-24-35(29,4)33(30)23-25-36(31,32)5/h26,28-33H,6-25H2,1-5H3/t28-,29?,30+,31-,32+,33+,35+,36-/m1/s1. The van der Waals surface area contributed by atoms with Gasteiger partial charge >= 0.3 is 5.97 Å². The summed E-state index contributed by atoms with van der Waals surface area (Å²) < 4.78 is 5.47. The number of rotatable bonds is 13. The van der Waals surface area contributed by atoms with Crippen LogP contribution in [0, 0.1) is 46.3 Å². The predicted octanol–water partition coefficient (Wildman–Crippen LogP) is 11.0. The number of carbonyl (C=O) groups is 1. The molecule has 0 aromatic rings. The lowest BCUT2D eigenvalue weighted by atomic mass is 9.44. The van der Waals surface area contributed by atoms with Crippen LogP contribution in [0.2, 0.25) is 0 Å². The molecule has 0 saturated heterocycles. The molecule has 0 aliphatic heterocycles. The van der Waals surface area contributed by atoms with Gasteiger partial charge in [-0.3, -0.25) is 4.79 Å². The summed E-state index contributed by atoms with van der Waals surface area (Å²) in [5.74, 6) is 5.72. The minimum Gasteiger partial charge on any atom is -0.435 e. The highest BCUT2D eigenvalue weighted by atomic mass is 16.5. The van der Waals surface area contributed by atoms with Crippen molar-refractivity contribution in [1.82, 2.24) is 0 Å². The van der Waals surface area contributed by atoms with Gasteiger partial charge in [-0.1, -0.05) is 79.1 Å². The van der Waals surface area contributed by atoms with Crippen LogP contribution in [0.3, 0.4) is 0 Å². The van der Waals surface area contributed by atoms with E-state index in [0.717, 1.165) is 54.8 Å². The van der Waals surface area contributed by atoms with Gasteiger partial charge in [-0.2, -0.15) is 0 Å². The zero-order valence-electron chi connectivity index (χ0n) is 26.0. The maximum atomic E-state index is 12.1. The largest absolute Gasteiger partial charge is 0.435 e. The van der Waals surface area contributed by atoms with E-state index in [4.69, 9.17) is 4.74 Å². The quantitative estimate of drug-likeness (QED) is 0.135. The van der Waals surface area contributed by atoms with Gasteiger partial charge in [0, 0.05) is 6.42 Å². The van der Waals surface area contributed by atoms with E-state index in [1.54, 1.807) is 6.26 Å². The van der Waals surface area contributed by atoms with Crippen LogP contribution < -0.4 is 0 Å². The molecule has 0 N–H and O–H groups in total. The number of hydrogen-bond acceptors (Lipinski definition) is 2. The second-order valence-electron chi connectivity index (χ2n) is 15.0. The molecule has 0 spiro atoms. The van der Waals surface area contributed by atoms with Crippen molar-refractivity contribution in [3.63, 3.8) is 0 Å². The van der Waals surface area contributed by atoms with Gasteiger partial charge in [-0.25, -0.2) is 0 Å². The fraction of sp³-hybridized carbons (Fsp3) is 0.917. The first-order valence-corrected chi connectivity index (χ1v) is 17.1. The number of allylic oxidation sites excluding steroid dienone is 1. The Hall–Kier alpha value is -0.790. The topological polar surface area (TPSA) is 26.3 Å². The molecule has 4 fully saturated rings. The maximum Gasteiger partial charge on any atom is 0.310 e. The van der Waals surface area contributed by atoms with Crippen molar-refractivity contribution in [1.29, 1.82) is 0 Å². The molecule has 4 aliphatic rings. The summed E-state index contributed by atoms with van der Waals surface area (Å²) in [5.41, 5.74) is 2.46. The van der Waals surface area contributed by atoms with Gasteiger partial charge in [0.2, 0.25) is 0 Å². The Morgan fingerprint density at radius 3 is 2.42 bits per heavy atom. The molecule has 0 aromatic heterocycles. The second-order valence-corrected chi connectivity index (χ2v) is 15.0. The lowest BCUT2D eigenvalue weighted by Gasteiger charge is -2.61. The van der Waals surface area contributed by atoms with Crippen LogP contribution in [-0.2, 0) is 9.53 Å². The first-order chi connectivity index (χ1) is 18.3. The number of fused-ring (bicyclic) bond motifs is 5. The molecule has 38 heavy (non-hydrogen) atoms. The Labute approximate surface area is 236 Å². The average Bonchev–Trinajstić information content (AvgIpc) is 3.26. The van der Waals surface area contributed by atoms with Crippen LogP contribution in [0.15, 0.2) is 11.8 Å². The summed E-state index contributed by atoms with van der Waals surface area (Å²) in [4.78, 5) is 12.1. The Bertz CT molecular complexity index is 784. The molecule has 0 heterocycles. The van der Waals surface area contributed by atoms with E-state index in [1.165, 1.54) is 108 Å². The maximum absolute atomic E-state index is 12.1. The lowest BCUT2D eigenvalue weighted by molar-refractivity contribution is -0.138. The van der Waals surface area contributed by atoms with E-state index in [1.807, 2.05) is 0 Å². The Balaban J connectivity index is 1.20. The minimum absolute atomic E-state index is 0.0511. The summed E-state index contributed by atoms with van der Waals surface area (Å²) >= 11 is 0. The molecular formula is C36H62O2. The summed E-state index contributed by atoms with van der Waals surface area (Å²) in [6, 6.07) is 0. The second kappa shape index (κ2) is 13.7. The van der Waals surface area contributed by atoms with E-state index in [0.29, 0.717) is 17.3 Å². The van der Waals surface area contributed by atoms with Gasteiger partial charge in [0.05, 0.1) is 6.26 Å². The third-order valence-electron chi connectivity index (χ3n) is 12.7. The zero-order chi connectivity index (χ0) is 27.2. The minimum atomic E-state index is -0.0511. The summed E-state index contributed by atoms with van der Waals surface area (Å²) in [6.45, 7) is 12.4. The molecule has 4 saturated carbocycles. The van der Waals surface area contributed by atoms with Crippen LogP contribution in [0.1, 0.15) is 163 Å². The molecule has 2 heteroatoms. The van der Waals surface area contributed by atoms with Crippen LogP contribution in [0.5, 0.6) is 0 Å². The molecule has 2 nitrogen and oxygen atoms in total. The Morgan fingerprint density at radius 1 is 0.842 bits per heavy atom. The van der Waals surface area contributed by atoms with E-state index < -0.39 is 0 Å². The molecule has 4 rings (SSSR count). The fourth-order valence-corrected chi connectivity index (χ4v) is 10.5. The predicted molar refractivity (Wildman–Crippen MR) is 161 cm³/mol. The molecule has 1 unspecified atom stereocenters. The first kappa shape index (κ1) is 30.2. The van der Waals surface area contributed by atoms with Gasteiger partial charge in [-0.05, 0) is 129 Å². The van der Waals surface area contributed by atoms with Crippen molar-refractivity contribution in [3.05, 3.63) is 11.8 Å². The molecule has 0 amide bonds. The van der Waals surface area contributed by atoms with Gasteiger partial charge in [0.15, 0.2) is 0 Å². The van der Waals surface area contributed by atoms with Crippen LogP contribution in [0.25, 0.3) is 0 Å². The fourth-order valence-electron chi connectivity index (χ4n) is 10.5. The first-order valence-electron chi connectivity index (χ1n) is 17.1. The third-order valence-corrected chi connectivity index (χ3v) is 12.7. The monoisotopic (exact) mass is 526 g/mol. The highest BCUT2D eigenvalue weighted by Crippen LogP contribution is 2.68. The smallest absolute Gasteiger partial charge is 0.310 e. The molecule has 0 bridgehead atoms. The van der Waals surface area contributed by atoms with Crippen LogP contribution in [0.4, 0.5) is 0 Å². The normalized spacial score (nSPS) is 37.7. The summed E-state index contributed by atoms with van der Waals surface area (Å²) in [5, 5.41) is 0. The van der Waals surface area contributed by atoms with Crippen molar-refractivity contribution in [3.8, 4) is 0 Å². The summed E-state index contributed by atoms with van der Waals surface area (Å²) in [7, 11) is 0. The molecule has 8 atom stereocenters. The lowest BCUT2D eigenvalue weighted by Crippen LogP contribution is -2.53. The number of unbranched alkanes of at least 4 members (excludes halogenated alkanes) is 5. The number of ether oxygens (including phenoxy) is 1. The van der Waals surface area contributed by atoms with Crippen molar-refractivity contribution < 1.29 is 9.53 Å². The van der Waals surface area contributed by atoms with Gasteiger partial charge < -0.3 is 4.74 Å². The zero-order valence-corrected chi connectivity index (χ0v) is 26.0. The van der Waals surface area contributed by atoms with E-state index >= 15 is 0 Å². The average molecular weight is 527 g/mol. The Morgan fingerprint density at radius 2 is 1.61 bits per heavy atom. The van der Waals surface area contributed by atoms with Crippen molar-refractivity contribution >= 4 is 5.97 Å². The molecule has 4 aliphatic carbocycles. The molecule has 0 radical (unpaired) electrons. The van der Waals surface area contributed by atoms with E-state index in [9.17, 15) is 4.79 Å². The SMILES string of the molecule is CCCCCCCCC(=O)OC=C(C)CCC[C@@H](C)[C@H]1CC[C@H]2[C@@H]3CCC4CCCC[C@]4(C)[C@H]3CC[C@]12C. The van der Waals surface area contributed by atoms with E-state index in [2.05, 4.69) is 34.6 Å².